The van der Waals surface area contributed by atoms with Crippen LogP contribution >= 0.6 is 0 Å². The molecule has 0 radical (unpaired) electrons. The van der Waals surface area contributed by atoms with Crippen molar-refractivity contribution in [3.8, 4) is 0 Å². The maximum atomic E-state index is 2.61. The van der Waals surface area contributed by atoms with Gasteiger partial charge in [0, 0.05) is 12.6 Å². The third kappa shape index (κ3) is 0.854. The highest BCUT2D eigenvalue weighted by Crippen LogP contribution is 2.42. The van der Waals surface area contributed by atoms with E-state index < -0.39 is 0 Å². The van der Waals surface area contributed by atoms with Crippen molar-refractivity contribution in [2.45, 2.75) is 38.1 Å². The summed E-state index contributed by atoms with van der Waals surface area (Å²) in [5, 5.41) is 0. The van der Waals surface area contributed by atoms with Crippen LogP contribution < -0.4 is 0 Å². The van der Waals surface area contributed by atoms with E-state index in [-0.39, 0.29) is 0 Å². The largest absolute Gasteiger partial charge is 0.374 e. The second-order valence-corrected chi connectivity index (χ2v) is 4.57. The van der Waals surface area contributed by atoms with E-state index in [0.717, 1.165) is 17.9 Å². The minimum atomic E-state index is 0.920. The molecule has 2 fully saturated rings. The van der Waals surface area contributed by atoms with E-state index in [1.165, 1.54) is 38.6 Å². The Bertz CT molecular complexity index is 189. The van der Waals surface area contributed by atoms with Gasteiger partial charge < -0.3 is 4.90 Å². The average Bonchev–Trinajstić information content (AvgIpc) is 2.52. The molecule has 2 aliphatic heterocycles. The lowest BCUT2D eigenvalue weighted by Gasteiger charge is -2.43. The fraction of sp³-hybridized carbons (Fsp3) is 0.818. The molecule has 66 valence electrons. The SMILES string of the molecule is C1=CN2CCCC3CCCC1C32. The van der Waals surface area contributed by atoms with Gasteiger partial charge in [0.05, 0.1) is 0 Å². The highest BCUT2D eigenvalue weighted by molar-refractivity contribution is 5.09. The third-order valence-corrected chi connectivity index (χ3v) is 3.93. The first-order valence-corrected chi connectivity index (χ1v) is 5.39. The maximum Gasteiger partial charge on any atom is 0.0375 e. The van der Waals surface area contributed by atoms with Crippen molar-refractivity contribution in [2.75, 3.05) is 6.54 Å². The van der Waals surface area contributed by atoms with E-state index in [1.807, 2.05) is 0 Å². The molecule has 1 saturated carbocycles. The highest BCUT2D eigenvalue weighted by atomic mass is 15.2. The van der Waals surface area contributed by atoms with Crippen molar-refractivity contribution in [1.29, 1.82) is 0 Å². The first-order chi connectivity index (χ1) is 5.95. The Labute approximate surface area is 74.4 Å². The molecule has 0 N–H and O–H groups in total. The van der Waals surface area contributed by atoms with Gasteiger partial charge in [-0.05, 0) is 43.7 Å². The first-order valence-electron chi connectivity index (χ1n) is 5.39. The second kappa shape index (κ2) is 2.51. The van der Waals surface area contributed by atoms with Gasteiger partial charge in [0.15, 0.2) is 0 Å². The van der Waals surface area contributed by atoms with E-state index in [4.69, 9.17) is 0 Å². The van der Waals surface area contributed by atoms with Crippen LogP contribution in [0.1, 0.15) is 32.1 Å². The zero-order valence-corrected chi connectivity index (χ0v) is 7.58. The van der Waals surface area contributed by atoms with Crippen molar-refractivity contribution in [3.63, 3.8) is 0 Å². The van der Waals surface area contributed by atoms with Gasteiger partial charge in [0.1, 0.15) is 0 Å². The summed E-state index contributed by atoms with van der Waals surface area (Å²) in [5.41, 5.74) is 0. The Morgan fingerprint density at radius 2 is 2.00 bits per heavy atom. The van der Waals surface area contributed by atoms with Gasteiger partial charge in [-0.1, -0.05) is 12.5 Å². The number of hydrogen-bond acceptors (Lipinski definition) is 1. The zero-order valence-electron chi connectivity index (χ0n) is 7.58. The lowest BCUT2D eigenvalue weighted by atomic mass is 9.74. The van der Waals surface area contributed by atoms with Crippen molar-refractivity contribution < 1.29 is 0 Å². The van der Waals surface area contributed by atoms with Crippen LogP contribution in [-0.2, 0) is 0 Å². The summed E-state index contributed by atoms with van der Waals surface area (Å²) in [6, 6.07) is 0.924. The quantitative estimate of drug-likeness (QED) is 0.530. The number of rotatable bonds is 0. The number of hydrogen-bond donors (Lipinski definition) is 0. The molecule has 0 bridgehead atoms. The van der Waals surface area contributed by atoms with Crippen LogP contribution in [0.2, 0.25) is 0 Å². The van der Waals surface area contributed by atoms with Crippen LogP contribution in [-0.4, -0.2) is 17.5 Å². The molecule has 2 heterocycles. The van der Waals surface area contributed by atoms with Gasteiger partial charge >= 0.3 is 0 Å². The van der Waals surface area contributed by atoms with E-state index in [2.05, 4.69) is 17.2 Å². The summed E-state index contributed by atoms with van der Waals surface area (Å²) < 4.78 is 0. The molecule has 1 heteroatoms. The van der Waals surface area contributed by atoms with Crippen molar-refractivity contribution in [2.24, 2.45) is 11.8 Å². The van der Waals surface area contributed by atoms with Crippen LogP contribution in [0.25, 0.3) is 0 Å². The fourth-order valence-electron chi connectivity index (χ4n) is 3.43. The molecule has 1 aliphatic carbocycles. The Balaban J connectivity index is 1.88. The van der Waals surface area contributed by atoms with Gasteiger partial charge in [-0.15, -0.1) is 0 Å². The topological polar surface area (TPSA) is 3.24 Å². The zero-order chi connectivity index (χ0) is 7.97. The van der Waals surface area contributed by atoms with E-state index in [1.54, 1.807) is 0 Å². The molecule has 1 saturated heterocycles. The summed E-state index contributed by atoms with van der Waals surface area (Å²) in [6.07, 6.45) is 12.2. The lowest BCUT2D eigenvalue weighted by Crippen LogP contribution is -2.44. The maximum absolute atomic E-state index is 2.61. The molecule has 3 aliphatic rings. The molecule has 3 atom stereocenters. The van der Waals surface area contributed by atoms with E-state index in [0.29, 0.717) is 0 Å². The Morgan fingerprint density at radius 1 is 1.08 bits per heavy atom. The molecule has 0 aromatic rings. The number of nitrogens with zero attached hydrogens (tertiary/aromatic N) is 1. The Morgan fingerprint density at radius 3 is 3.00 bits per heavy atom. The second-order valence-electron chi connectivity index (χ2n) is 4.57. The first kappa shape index (κ1) is 6.99. The predicted octanol–water partition coefficient (Wildman–Crippen LogP) is 2.39. The molecule has 0 spiro atoms. The summed E-state index contributed by atoms with van der Waals surface area (Å²) >= 11 is 0. The summed E-state index contributed by atoms with van der Waals surface area (Å²) in [5.74, 6) is 1.96. The molecule has 3 unspecified atom stereocenters. The molecular formula is C11H17N. The van der Waals surface area contributed by atoms with Crippen LogP contribution in [0.4, 0.5) is 0 Å². The molecule has 3 rings (SSSR count). The van der Waals surface area contributed by atoms with Crippen LogP contribution in [0.15, 0.2) is 12.3 Å². The summed E-state index contributed by atoms with van der Waals surface area (Å²) in [6.45, 7) is 1.33. The minimum absolute atomic E-state index is 0.920. The van der Waals surface area contributed by atoms with Gasteiger partial charge in [-0.25, -0.2) is 0 Å². The Hall–Kier alpha value is -0.460. The third-order valence-electron chi connectivity index (χ3n) is 3.93. The summed E-state index contributed by atoms with van der Waals surface area (Å²) in [7, 11) is 0. The summed E-state index contributed by atoms with van der Waals surface area (Å²) in [4.78, 5) is 2.61. The normalized spacial score (nSPS) is 44.7. The van der Waals surface area contributed by atoms with E-state index >= 15 is 0 Å². The van der Waals surface area contributed by atoms with Crippen LogP contribution in [0.5, 0.6) is 0 Å². The van der Waals surface area contributed by atoms with E-state index in [9.17, 15) is 0 Å². The monoisotopic (exact) mass is 163 g/mol. The standard InChI is InChI=1S/C11H17N/c1-3-9-5-2-7-12-8-6-10(4-1)11(9)12/h6,8-11H,1-5,7H2. The lowest BCUT2D eigenvalue weighted by molar-refractivity contribution is 0.0898. The van der Waals surface area contributed by atoms with Crippen LogP contribution in [0.3, 0.4) is 0 Å². The molecular weight excluding hydrogens is 146 g/mol. The van der Waals surface area contributed by atoms with Crippen LogP contribution in [0, 0.1) is 11.8 Å². The molecule has 0 aromatic heterocycles. The van der Waals surface area contributed by atoms with Gasteiger partial charge in [-0.2, -0.15) is 0 Å². The van der Waals surface area contributed by atoms with Crippen molar-refractivity contribution in [1.82, 2.24) is 4.90 Å². The fourth-order valence-corrected chi connectivity index (χ4v) is 3.43. The predicted molar refractivity (Wildman–Crippen MR) is 49.7 cm³/mol. The highest BCUT2D eigenvalue weighted by Gasteiger charge is 2.39. The Kier molecular flexibility index (Phi) is 1.46. The van der Waals surface area contributed by atoms with Gasteiger partial charge in [0.25, 0.3) is 0 Å². The number of piperidine rings is 1. The smallest absolute Gasteiger partial charge is 0.0375 e. The van der Waals surface area contributed by atoms with Crippen molar-refractivity contribution in [3.05, 3.63) is 12.3 Å². The molecule has 12 heavy (non-hydrogen) atoms. The van der Waals surface area contributed by atoms with Gasteiger partial charge in [0.2, 0.25) is 0 Å². The molecule has 1 nitrogen and oxygen atoms in total. The van der Waals surface area contributed by atoms with Gasteiger partial charge in [-0.3, -0.25) is 0 Å². The molecule has 0 amide bonds. The molecule has 0 aromatic carbocycles. The average molecular weight is 163 g/mol. The van der Waals surface area contributed by atoms with Crippen molar-refractivity contribution >= 4 is 0 Å². The minimum Gasteiger partial charge on any atom is -0.374 e.